The van der Waals surface area contributed by atoms with Crippen molar-refractivity contribution in [3.8, 4) is 5.75 Å². The van der Waals surface area contributed by atoms with Crippen molar-refractivity contribution in [2.75, 3.05) is 38.2 Å². The van der Waals surface area contributed by atoms with E-state index in [0.717, 1.165) is 19.6 Å². The summed E-state index contributed by atoms with van der Waals surface area (Å²) in [4.78, 5) is 24.5. The van der Waals surface area contributed by atoms with E-state index in [-0.39, 0.29) is 11.6 Å². The molecule has 118 valence electrons. The maximum Gasteiger partial charge on any atom is 0.271 e. The van der Waals surface area contributed by atoms with Crippen LogP contribution in [0.4, 0.5) is 11.4 Å². The number of carbonyl (C=O) groups excluding carboxylic acids is 1. The van der Waals surface area contributed by atoms with Gasteiger partial charge in [-0.25, -0.2) is 0 Å². The molecule has 0 unspecified atom stereocenters. The Kier molecular flexibility index (Phi) is 4.21. The van der Waals surface area contributed by atoms with Gasteiger partial charge in [0.05, 0.1) is 23.8 Å². The molecule has 2 heterocycles. The van der Waals surface area contributed by atoms with E-state index in [0.29, 0.717) is 31.1 Å². The van der Waals surface area contributed by atoms with Gasteiger partial charge in [0.15, 0.2) is 6.10 Å². The van der Waals surface area contributed by atoms with Crippen LogP contribution in [0.2, 0.25) is 0 Å². The number of anilines is 1. The van der Waals surface area contributed by atoms with Crippen molar-refractivity contribution in [2.24, 2.45) is 0 Å². The molecule has 1 fully saturated rings. The van der Waals surface area contributed by atoms with Crippen LogP contribution in [0.25, 0.3) is 0 Å². The fraction of sp³-hybridized carbons (Fsp3) is 0.500. The summed E-state index contributed by atoms with van der Waals surface area (Å²) in [6.45, 7) is 3.90. The van der Waals surface area contributed by atoms with Crippen LogP contribution in [-0.2, 0) is 9.53 Å². The Bertz CT molecular complexity index is 586. The number of hydrogen-bond donors (Lipinski definition) is 1. The highest BCUT2D eigenvalue weighted by Crippen LogP contribution is 2.33. The van der Waals surface area contributed by atoms with Crippen molar-refractivity contribution in [2.45, 2.75) is 12.5 Å². The van der Waals surface area contributed by atoms with Gasteiger partial charge in [-0.3, -0.25) is 19.8 Å². The van der Waals surface area contributed by atoms with Gasteiger partial charge in [-0.05, 0) is 6.07 Å². The van der Waals surface area contributed by atoms with Crippen molar-refractivity contribution in [1.82, 2.24) is 4.90 Å². The molecule has 3 rings (SSSR count). The Balaban J connectivity index is 1.63. The molecular formula is C14H17N3O5. The summed E-state index contributed by atoms with van der Waals surface area (Å²) >= 11 is 0. The maximum atomic E-state index is 12.1. The van der Waals surface area contributed by atoms with Crippen LogP contribution in [0, 0.1) is 10.1 Å². The first kappa shape index (κ1) is 14.7. The van der Waals surface area contributed by atoms with Gasteiger partial charge < -0.3 is 14.8 Å². The van der Waals surface area contributed by atoms with Crippen LogP contribution in [0.5, 0.6) is 5.75 Å². The number of amides is 1. The topological polar surface area (TPSA) is 93.9 Å². The molecule has 1 amide bonds. The molecule has 0 radical (unpaired) electrons. The minimum absolute atomic E-state index is 0.0746. The van der Waals surface area contributed by atoms with Crippen molar-refractivity contribution in [1.29, 1.82) is 0 Å². The van der Waals surface area contributed by atoms with Crippen molar-refractivity contribution < 1.29 is 19.2 Å². The zero-order chi connectivity index (χ0) is 15.5. The predicted octanol–water partition coefficient (Wildman–Crippen LogP) is 1.02. The van der Waals surface area contributed by atoms with Crippen LogP contribution in [0.1, 0.15) is 6.42 Å². The molecule has 22 heavy (non-hydrogen) atoms. The normalized spacial score (nSPS) is 21.6. The zero-order valence-corrected chi connectivity index (χ0v) is 12.0. The average molecular weight is 307 g/mol. The monoisotopic (exact) mass is 307 g/mol. The SMILES string of the molecule is O=C1Nc2cc([N+](=O)[O-])ccc2O[C@H]1CCN1CCOCC1. The summed E-state index contributed by atoms with van der Waals surface area (Å²) in [6.07, 6.45) is -0.000719. The first-order valence-corrected chi connectivity index (χ1v) is 7.19. The highest BCUT2D eigenvalue weighted by Gasteiger charge is 2.29. The van der Waals surface area contributed by atoms with Gasteiger partial charge in [-0.1, -0.05) is 0 Å². The number of rotatable bonds is 4. The van der Waals surface area contributed by atoms with Gasteiger partial charge in [0.2, 0.25) is 0 Å². The van der Waals surface area contributed by atoms with Gasteiger partial charge in [-0.2, -0.15) is 0 Å². The second-order valence-corrected chi connectivity index (χ2v) is 5.28. The average Bonchev–Trinajstić information content (AvgIpc) is 2.53. The molecule has 0 spiro atoms. The highest BCUT2D eigenvalue weighted by atomic mass is 16.6. The molecule has 1 atom stereocenters. The molecule has 2 aliphatic heterocycles. The number of nitro groups is 1. The Morgan fingerprint density at radius 2 is 2.14 bits per heavy atom. The second-order valence-electron chi connectivity index (χ2n) is 5.28. The molecule has 0 aliphatic carbocycles. The quantitative estimate of drug-likeness (QED) is 0.659. The third kappa shape index (κ3) is 3.18. The minimum atomic E-state index is -0.572. The van der Waals surface area contributed by atoms with Crippen LogP contribution in [0.15, 0.2) is 18.2 Å². The highest BCUT2D eigenvalue weighted by molar-refractivity contribution is 5.98. The van der Waals surface area contributed by atoms with E-state index in [9.17, 15) is 14.9 Å². The smallest absolute Gasteiger partial charge is 0.271 e. The first-order chi connectivity index (χ1) is 10.6. The molecule has 0 bridgehead atoms. The lowest BCUT2D eigenvalue weighted by Crippen LogP contribution is -2.42. The summed E-state index contributed by atoms with van der Waals surface area (Å²) in [6, 6.07) is 4.20. The number of ether oxygens (including phenoxy) is 2. The van der Waals surface area contributed by atoms with Crippen molar-refractivity contribution in [3.63, 3.8) is 0 Å². The summed E-state index contributed by atoms with van der Waals surface area (Å²) in [5, 5.41) is 13.4. The lowest BCUT2D eigenvalue weighted by molar-refractivity contribution is -0.384. The third-order valence-corrected chi connectivity index (χ3v) is 3.80. The van der Waals surface area contributed by atoms with Crippen LogP contribution >= 0.6 is 0 Å². The largest absolute Gasteiger partial charge is 0.478 e. The molecule has 1 aromatic rings. The lowest BCUT2D eigenvalue weighted by Gasteiger charge is -2.30. The van der Waals surface area contributed by atoms with E-state index >= 15 is 0 Å². The van der Waals surface area contributed by atoms with E-state index < -0.39 is 11.0 Å². The molecule has 1 aromatic carbocycles. The summed E-state index contributed by atoms with van der Waals surface area (Å²) in [7, 11) is 0. The molecule has 1 N–H and O–H groups in total. The second kappa shape index (κ2) is 6.29. The first-order valence-electron chi connectivity index (χ1n) is 7.19. The Hall–Kier alpha value is -2.19. The van der Waals surface area contributed by atoms with Crippen molar-refractivity contribution >= 4 is 17.3 Å². The van der Waals surface area contributed by atoms with E-state index in [1.807, 2.05) is 0 Å². The Morgan fingerprint density at radius 3 is 2.86 bits per heavy atom. The third-order valence-electron chi connectivity index (χ3n) is 3.80. The van der Waals surface area contributed by atoms with Crippen LogP contribution in [0.3, 0.4) is 0 Å². The van der Waals surface area contributed by atoms with Crippen LogP contribution in [-0.4, -0.2) is 54.7 Å². The number of non-ortho nitro benzene ring substituents is 1. The number of nitrogens with zero attached hydrogens (tertiary/aromatic N) is 2. The Morgan fingerprint density at radius 1 is 1.36 bits per heavy atom. The molecular weight excluding hydrogens is 290 g/mol. The Labute approximate surface area is 127 Å². The summed E-state index contributed by atoms with van der Waals surface area (Å²) in [5.74, 6) is 0.207. The van der Waals surface area contributed by atoms with Gasteiger partial charge in [0, 0.05) is 38.2 Å². The minimum Gasteiger partial charge on any atom is -0.478 e. The molecule has 8 heteroatoms. The fourth-order valence-electron chi connectivity index (χ4n) is 2.57. The molecule has 8 nitrogen and oxygen atoms in total. The van der Waals surface area contributed by atoms with E-state index in [1.54, 1.807) is 0 Å². The van der Waals surface area contributed by atoms with Gasteiger partial charge in [0.25, 0.3) is 11.6 Å². The maximum absolute atomic E-state index is 12.1. The van der Waals surface area contributed by atoms with E-state index in [2.05, 4.69) is 10.2 Å². The number of benzene rings is 1. The number of hydrogen-bond acceptors (Lipinski definition) is 6. The van der Waals surface area contributed by atoms with E-state index in [4.69, 9.17) is 9.47 Å². The van der Waals surface area contributed by atoms with Gasteiger partial charge >= 0.3 is 0 Å². The molecule has 2 aliphatic rings. The number of fused-ring (bicyclic) bond motifs is 1. The van der Waals surface area contributed by atoms with Gasteiger partial charge in [-0.15, -0.1) is 0 Å². The molecule has 1 saturated heterocycles. The van der Waals surface area contributed by atoms with E-state index in [1.165, 1.54) is 18.2 Å². The molecule has 0 saturated carbocycles. The van der Waals surface area contributed by atoms with Crippen molar-refractivity contribution in [3.05, 3.63) is 28.3 Å². The number of morpholine rings is 1. The summed E-state index contributed by atoms with van der Waals surface area (Å²) in [5.41, 5.74) is 0.274. The predicted molar refractivity (Wildman–Crippen MR) is 78.0 cm³/mol. The van der Waals surface area contributed by atoms with Gasteiger partial charge in [0.1, 0.15) is 5.75 Å². The zero-order valence-electron chi connectivity index (χ0n) is 12.0. The fourth-order valence-corrected chi connectivity index (χ4v) is 2.57. The standard InChI is InChI=1S/C14H17N3O5/c18-14-13(3-4-16-5-7-21-8-6-16)22-12-2-1-10(17(19)20)9-11(12)15-14/h1-2,9,13H,3-8H2,(H,15,18)/t13-/m0/s1. The lowest BCUT2D eigenvalue weighted by atomic mass is 10.1. The number of nitrogens with one attached hydrogen (secondary N) is 1. The number of nitro benzene ring substituents is 1. The molecule has 0 aromatic heterocycles. The number of carbonyl (C=O) groups is 1. The van der Waals surface area contributed by atoms with Crippen LogP contribution < -0.4 is 10.1 Å². The summed E-state index contributed by atoms with van der Waals surface area (Å²) < 4.78 is 11.0.